The normalized spacial score (nSPS) is 10.4. The first-order valence-corrected chi connectivity index (χ1v) is 7.11. The fraction of sp³-hybridized carbons (Fsp3) is 0.118. The summed E-state index contributed by atoms with van der Waals surface area (Å²) >= 11 is 0. The smallest absolute Gasteiger partial charge is 0.269 e. The standard InChI is InChI=1S/C17H16N4O/c22-17(19-11-8-13-6-9-18-10-7-13)16-12-15(20-21-16)14-4-2-1-3-5-14/h1-7,9-10,12H,8,11H2,(H,19,22)(H,20,21). The minimum atomic E-state index is -0.149. The number of benzene rings is 1. The fourth-order valence-electron chi connectivity index (χ4n) is 2.16. The zero-order chi connectivity index (χ0) is 15.2. The van der Waals surface area contributed by atoms with E-state index < -0.39 is 0 Å². The summed E-state index contributed by atoms with van der Waals surface area (Å²) in [5.41, 5.74) is 3.35. The predicted octanol–water partition coefficient (Wildman–Crippen LogP) is 2.44. The second-order valence-electron chi connectivity index (χ2n) is 4.89. The number of nitrogens with zero attached hydrogens (tertiary/aromatic N) is 2. The summed E-state index contributed by atoms with van der Waals surface area (Å²) in [4.78, 5) is 16.1. The summed E-state index contributed by atoms with van der Waals surface area (Å²) in [6, 6.07) is 15.4. The van der Waals surface area contributed by atoms with Crippen molar-refractivity contribution in [3.63, 3.8) is 0 Å². The summed E-state index contributed by atoms with van der Waals surface area (Å²) in [5.74, 6) is -0.149. The van der Waals surface area contributed by atoms with Crippen LogP contribution in [0.1, 0.15) is 16.1 Å². The summed E-state index contributed by atoms with van der Waals surface area (Å²) < 4.78 is 0. The topological polar surface area (TPSA) is 70.7 Å². The molecule has 0 saturated carbocycles. The Morgan fingerprint density at radius 2 is 1.86 bits per heavy atom. The van der Waals surface area contributed by atoms with Crippen LogP contribution in [0.3, 0.4) is 0 Å². The lowest BCUT2D eigenvalue weighted by molar-refractivity contribution is 0.0949. The van der Waals surface area contributed by atoms with Gasteiger partial charge in [0.15, 0.2) is 0 Å². The van der Waals surface area contributed by atoms with Crippen LogP contribution in [0.15, 0.2) is 60.9 Å². The molecule has 5 nitrogen and oxygen atoms in total. The highest BCUT2D eigenvalue weighted by molar-refractivity contribution is 5.93. The van der Waals surface area contributed by atoms with Crippen molar-refractivity contribution in [2.24, 2.45) is 0 Å². The third-order valence-electron chi connectivity index (χ3n) is 3.34. The van der Waals surface area contributed by atoms with Crippen molar-refractivity contribution in [2.75, 3.05) is 6.54 Å². The van der Waals surface area contributed by atoms with Gasteiger partial charge in [-0.25, -0.2) is 0 Å². The van der Waals surface area contributed by atoms with E-state index in [4.69, 9.17) is 0 Å². The number of rotatable bonds is 5. The van der Waals surface area contributed by atoms with E-state index in [1.165, 1.54) is 0 Å². The van der Waals surface area contributed by atoms with E-state index in [9.17, 15) is 4.79 Å². The summed E-state index contributed by atoms with van der Waals surface area (Å²) in [5, 5.41) is 9.84. The van der Waals surface area contributed by atoms with Crippen LogP contribution < -0.4 is 5.32 Å². The number of hydrogen-bond acceptors (Lipinski definition) is 3. The average molecular weight is 292 g/mol. The second kappa shape index (κ2) is 6.67. The van der Waals surface area contributed by atoms with Crippen LogP contribution in [-0.4, -0.2) is 27.6 Å². The highest BCUT2D eigenvalue weighted by Crippen LogP contribution is 2.16. The lowest BCUT2D eigenvalue weighted by Crippen LogP contribution is -2.26. The van der Waals surface area contributed by atoms with Gasteiger partial charge in [-0.3, -0.25) is 14.9 Å². The maximum Gasteiger partial charge on any atom is 0.269 e. The largest absolute Gasteiger partial charge is 0.350 e. The van der Waals surface area contributed by atoms with Crippen LogP contribution in [0.2, 0.25) is 0 Å². The van der Waals surface area contributed by atoms with Crippen molar-refractivity contribution in [1.29, 1.82) is 0 Å². The van der Waals surface area contributed by atoms with Crippen molar-refractivity contribution in [2.45, 2.75) is 6.42 Å². The van der Waals surface area contributed by atoms with Gasteiger partial charge >= 0.3 is 0 Å². The highest BCUT2D eigenvalue weighted by atomic mass is 16.1. The summed E-state index contributed by atoms with van der Waals surface area (Å²) in [6.45, 7) is 0.572. The molecule has 0 fully saturated rings. The minimum absolute atomic E-state index is 0.149. The maximum absolute atomic E-state index is 12.1. The van der Waals surface area contributed by atoms with Gasteiger partial charge in [-0.05, 0) is 30.2 Å². The van der Waals surface area contributed by atoms with Gasteiger partial charge in [-0.15, -0.1) is 0 Å². The highest BCUT2D eigenvalue weighted by Gasteiger charge is 2.10. The Bertz CT molecular complexity index is 738. The Morgan fingerprint density at radius 3 is 2.64 bits per heavy atom. The number of H-pyrrole nitrogens is 1. The quantitative estimate of drug-likeness (QED) is 0.759. The van der Waals surface area contributed by atoms with E-state index in [1.54, 1.807) is 18.5 Å². The van der Waals surface area contributed by atoms with Crippen LogP contribution in [-0.2, 0) is 6.42 Å². The predicted molar refractivity (Wildman–Crippen MR) is 84.3 cm³/mol. The molecule has 0 unspecified atom stereocenters. The molecule has 2 N–H and O–H groups in total. The Morgan fingerprint density at radius 1 is 1.09 bits per heavy atom. The van der Waals surface area contributed by atoms with Gasteiger partial charge in [0.05, 0.1) is 5.69 Å². The van der Waals surface area contributed by atoms with Crippen LogP contribution in [0.4, 0.5) is 0 Å². The van der Waals surface area contributed by atoms with Crippen LogP contribution in [0.5, 0.6) is 0 Å². The van der Waals surface area contributed by atoms with Crippen LogP contribution in [0, 0.1) is 0 Å². The third-order valence-corrected chi connectivity index (χ3v) is 3.34. The summed E-state index contributed by atoms with van der Waals surface area (Å²) in [7, 11) is 0. The van der Waals surface area contributed by atoms with Crippen molar-refractivity contribution in [1.82, 2.24) is 20.5 Å². The lowest BCUT2D eigenvalue weighted by Gasteiger charge is -2.03. The molecule has 0 spiro atoms. The zero-order valence-corrected chi connectivity index (χ0v) is 12.0. The first-order chi connectivity index (χ1) is 10.8. The van der Waals surface area contributed by atoms with Crippen molar-refractivity contribution in [3.05, 3.63) is 72.2 Å². The SMILES string of the molecule is O=C(NCCc1ccncc1)c1cc(-c2ccccc2)n[nH]1. The Kier molecular flexibility index (Phi) is 4.25. The second-order valence-corrected chi connectivity index (χ2v) is 4.89. The summed E-state index contributed by atoms with van der Waals surface area (Å²) in [6.07, 6.45) is 4.27. The van der Waals surface area contributed by atoms with Crippen LogP contribution in [0.25, 0.3) is 11.3 Å². The van der Waals surface area contributed by atoms with Gasteiger partial charge in [-0.2, -0.15) is 5.10 Å². The van der Waals surface area contributed by atoms with Gasteiger partial charge < -0.3 is 5.32 Å². The molecule has 0 atom stereocenters. The molecule has 0 saturated heterocycles. The number of amides is 1. The maximum atomic E-state index is 12.1. The zero-order valence-electron chi connectivity index (χ0n) is 12.0. The molecule has 2 aromatic heterocycles. The molecule has 22 heavy (non-hydrogen) atoms. The first-order valence-electron chi connectivity index (χ1n) is 7.11. The van der Waals surface area contributed by atoms with Gasteiger partial charge in [0, 0.05) is 24.5 Å². The molecule has 0 bridgehead atoms. The molecule has 0 aliphatic rings. The van der Waals surface area contributed by atoms with Gasteiger partial charge in [-0.1, -0.05) is 30.3 Å². The molecule has 1 aromatic carbocycles. The van der Waals surface area contributed by atoms with Gasteiger partial charge in [0.25, 0.3) is 5.91 Å². The Labute approximate surface area is 128 Å². The molecule has 3 rings (SSSR count). The number of aromatic nitrogens is 3. The van der Waals surface area contributed by atoms with Crippen molar-refractivity contribution >= 4 is 5.91 Å². The molecule has 3 aromatic rings. The van der Waals surface area contributed by atoms with E-state index in [-0.39, 0.29) is 5.91 Å². The van der Waals surface area contributed by atoms with Gasteiger partial charge in [0.1, 0.15) is 5.69 Å². The number of aromatic amines is 1. The molecule has 0 radical (unpaired) electrons. The molecule has 2 heterocycles. The Balaban J connectivity index is 1.58. The number of hydrogen-bond donors (Lipinski definition) is 2. The number of nitrogens with one attached hydrogen (secondary N) is 2. The monoisotopic (exact) mass is 292 g/mol. The minimum Gasteiger partial charge on any atom is -0.350 e. The molecule has 0 aliphatic carbocycles. The van der Waals surface area contributed by atoms with E-state index in [2.05, 4.69) is 20.5 Å². The molecule has 5 heteroatoms. The molecular weight excluding hydrogens is 276 g/mol. The fourth-order valence-corrected chi connectivity index (χ4v) is 2.16. The van der Waals surface area contributed by atoms with Crippen molar-refractivity contribution in [3.8, 4) is 11.3 Å². The lowest BCUT2D eigenvalue weighted by atomic mass is 10.1. The third kappa shape index (κ3) is 3.38. The number of carbonyl (C=O) groups is 1. The average Bonchev–Trinajstić information content (AvgIpc) is 3.07. The first kappa shape index (κ1) is 14.0. The number of pyridine rings is 1. The molecular formula is C17H16N4O. The van der Waals surface area contributed by atoms with Crippen molar-refractivity contribution < 1.29 is 4.79 Å². The van der Waals surface area contributed by atoms with E-state index >= 15 is 0 Å². The van der Waals surface area contributed by atoms with E-state index in [0.29, 0.717) is 12.2 Å². The Hall–Kier alpha value is -2.95. The molecule has 0 aliphatic heterocycles. The number of carbonyl (C=O) groups excluding carboxylic acids is 1. The van der Waals surface area contributed by atoms with E-state index in [0.717, 1.165) is 23.2 Å². The molecule has 110 valence electrons. The van der Waals surface area contributed by atoms with Gasteiger partial charge in [0.2, 0.25) is 0 Å². The van der Waals surface area contributed by atoms with E-state index in [1.807, 2.05) is 42.5 Å². The van der Waals surface area contributed by atoms with Crippen LogP contribution >= 0.6 is 0 Å². The molecule has 1 amide bonds.